The second kappa shape index (κ2) is 3.55. The molecule has 4 nitrogen and oxygen atoms in total. The van der Waals surface area contributed by atoms with Crippen molar-refractivity contribution in [2.24, 2.45) is 0 Å². The Bertz CT molecular complexity index is 482. The van der Waals surface area contributed by atoms with E-state index in [0.717, 1.165) is 12.1 Å². The van der Waals surface area contributed by atoms with Crippen LogP contribution in [0.4, 0.5) is 4.39 Å². The number of carbonyl (C=O) groups is 1. The monoisotopic (exact) mass is 238 g/mol. The maximum atomic E-state index is 12.6. The van der Waals surface area contributed by atoms with Gasteiger partial charge in [0.15, 0.2) is 0 Å². The fourth-order valence-electron chi connectivity index (χ4n) is 0.875. The summed E-state index contributed by atoms with van der Waals surface area (Å²) in [5, 5.41) is 8.57. The highest BCUT2D eigenvalue weighted by atomic mass is 35.7. The lowest BCUT2D eigenvalue weighted by Crippen LogP contribution is -2.05. The van der Waals surface area contributed by atoms with Crippen LogP contribution in [0.2, 0.25) is 0 Å². The number of rotatable bonds is 2. The molecule has 0 fully saturated rings. The molecule has 0 saturated heterocycles. The van der Waals surface area contributed by atoms with Crippen molar-refractivity contribution in [2.45, 2.75) is 4.90 Å². The van der Waals surface area contributed by atoms with Crippen molar-refractivity contribution < 1.29 is 22.7 Å². The topological polar surface area (TPSA) is 71.4 Å². The van der Waals surface area contributed by atoms with Crippen LogP contribution < -0.4 is 0 Å². The predicted octanol–water partition coefficient (Wildman–Crippen LogP) is 1.45. The van der Waals surface area contributed by atoms with Crippen LogP contribution in [0.15, 0.2) is 23.1 Å². The van der Waals surface area contributed by atoms with E-state index >= 15 is 0 Å². The molecule has 0 aliphatic heterocycles. The molecule has 0 bridgehead atoms. The van der Waals surface area contributed by atoms with Crippen LogP contribution in [-0.2, 0) is 9.05 Å². The summed E-state index contributed by atoms with van der Waals surface area (Å²) < 4.78 is 34.3. The lowest BCUT2D eigenvalue weighted by atomic mass is 10.2. The average molecular weight is 239 g/mol. The average Bonchev–Trinajstić information content (AvgIpc) is 2.01. The van der Waals surface area contributed by atoms with E-state index in [1.807, 2.05) is 0 Å². The summed E-state index contributed by atoms with van der Waals surface area (Å²) in [4.78, 5) is 9.79. The number of aromatic carboxylic acids is 1. The Labute approximate surface area is 83.4 Å². The predicted molar refractivity (Wildman–Crippen MR) is 46.4 cm³/mol. The van der Waals surface area contributed by atoms with Crippen molar-refractivity contribution in [2.75, 3.05) is 0 Å². The summed E-state index contributed by atoms with van der Waals surface area (Å²) in [6.07, 6.45) is 0. The molecule has 0 aliphatic rings. The maximum absolute atomic E-state index is 12.6. The SMILES string of the molecule is O=C(O)c1ccc(F)cc1S(=O)(=O)Cl. The zero-order valence-corrected chi connectivity index (χ0v) is 8.14. The quantitative estimate of drug-likeness (QED) is 0.792. The minimum atomic E-state index is -4.25. The van der Waals surface area contributed by atoms with Crippen LogP contribution >= 0.6 is 10.7 Å². The highest BCUT2D eigenvalue weighted by Gasteiger charge is 2.20. The van der Waals surface area contributed by atoms with Crippen molar-refractivity contribution in [1.29, 1.82) is 0 Å². The molecule has 0 saturated carbocycles. The molecule has 0 spiro atoms. The Hall–Kier alpha value is -1.14. The first-order valence-electron chi connectivity index (χ1n) is 3.30. The summed E-state index contributed by atoms with van der Waals surface area (Å²) in [5.41, 5.74) is -0.554. The second-order valence-corrected chi connectivity index (χ2v) is 4.92. The van der Waals surface area contributed by atoms with Gasteiger partial charge in [0.1, 0.15) is 5.82 Å². The molecule has 0 unspecified atom stereocenters. The molecule has 0 heterocycles. The number of benzene rings is 1. The maximum Gasteiger partial charge on any atom is 0.337 e. The summed E-state index contributed by atoms with van der Waals surface area (Å²) >= 11 is 0. The lowest BCUT2D eigenvalue weighted by molar-refractivity contribution is 0.0692. The van der Waals surface area contributed by atoms with Gasteiger partial charge in [-0.25, -0.2) is 17.6 Å². The van der Waals surface area contributed by atoms with E-state index in [1.54, 1.807) is 0 Å². The van der Waals surface area contributed by atoms with Crippen molar-refractivity contribution >= 4 is 25.7 Å². The number of hydrogen-bond acceptors (Lipinski definition) is 3. The van der Waals surface area contributed by atoms with Gasteiger partial charge in [-0.3, -0.25) is 0 Å². The van der Waals surface area contributed by atoms with Gasteiger partial charge in [0, 0.05) is 10.7 Å². The lowest BCUT2D eigenvalue weighted by Gasteiger charge is -2.01. The molecule has 0 aliphatic carbocycles. The van der Waals surface area contributed by atoms with E-state index in [1.165, 1.54) is 0 Å². The molecule has 1 aromatic rings. The molecule has 1 N–H and O–H groups in total. The molecule has 1 rings (SSSR count). The third kappa shape index (κ3) is 2.21. The van der Waals surface area contributed by atoms with Crippen molar-refractivity contribution in [1.82, 2.24) is 0 Å². The van der Waals surface area contributed by atoms with Gasteiger partial charge in [0.05, 0.1) is 10.5 Å². The number of carboxylic acids is 1. The minimum Gasteiger partial charge on any atom is -0.478 e. The van der Waals surface area contributed by atoms with Crippen LogP contribution in [0.5, 0.6) is 0 Å². The summed E-state index contributed by atoms with van der Waals surface area (Å²) in [5.74, 6) is -2.35. The van der Waals surface area contributed by atoms with Gasteiger partial charge in [-0.05, 0) is 18.2 Å². The number of carboxylic acid groups (broad SMARTS) is 1. The van der Waals surface area contributed by atoms with Gasteiger partial charge in [-0.1, -0.05) is 0 Å². The molecule has 14 heavy (non-hydrogen) atoms. The van der Waals surface area contributed by atoms with Crippen LogP contribution in [0.1, 0.15) is 10.4 Å². The van der Waals surface area contributed by atoms with E-state index < -0.39 is 31.3 Å². The van der Waals surface area contributed by atoms with Gasteiger partial charge in [-0.15, -0.1) is 0 Å². The number of halogens is 2. The number of hydrogen-bond donors (Lipinski definition) is 1. The second-order valence-electron chi connectivity index (χ2n) is 2.38. The molecule has 0 amide bonds. The fourth-order valence-corrected chi connectivity index (χ4v) is 1.93. The molecule has 0 radical (unpaired) electrons. The highest BCUT2D eigenvalue weighted by molar-refractivity contribution is 8.13. The third-order valence-corrected chi connectivity index (χ3v) is 2.80. The first-order valence-corrected chi connectivity index (χ1v) is 5.61. The Kier molecular flexibility index (Phi) is 2.77. The normalized spacial score (nSPS) is 11.3. The Morgan fingerprint density at radius 1 is 1.43 bits per heavy atom. The first kappa shape index (κ1) is 10.9. The zero-order chi connectivity index (χ0) is 10.9. The van der Waals surface area contributed by atoms with Crippen molar-refractivity contribution in [3.8, 4) is 0 Å². The van der Waals surface area contributed by atoms with Gasteiger partial charge in [-0.2, -0.15) is 0 Å². The Morgan fingerprint density at radius 2 is 2.00 bits per heavy atom. The van der Waals surface area contributed by atoms with Crippen molar-refractivity contribution in [3.05, 3.63) is 29.6 Å². The van der Waals surface area contributed by atoms with Crippen LogP contribution in [0, 0.1) is 5.82 Å². The van der Waals surface area contributed by atoms with Gasteiger partial charge < -0.3 is 5.11 Å². The summed E-state index contributed by atoms with van der Waals surface area (Å²) in [6, 6.07) is 2.24. The summed E-state index contributed by atoms with van der Waals surface area (Å²) in [6.45, 7) is 0. The standard InChI is InChI=1S/C7H4ClFO4S/c8-14(12,13)6-3-4(9)1-2-5(6)7(10)11/h1-3H,(H,10,11). The van der Waals surface area contributed by atoms with Gasteiger partial charge in [0.25, 0.3) is 9.05 Å². The van der Waals surface area contributed by atoms with Gasteiger partial charge in [0.2, 0.25) is 0 Å². The Morgan fingerprint density at radius 3 is 2.43 bits per heavy atom. The van der Waals surface area contributed by atoms with Crippen LogP contribution in [0.3, 0.4) is 0 Å². The van der Waals surface area contributed by atoms with E-state index in [-0.39, 0.29) is 0 Å². The van der Waals surface area contributed by atoms with Crippen LogP contribution in [-0.4, -0.2) is 19.5 Å². The molecule has 0 atom stereocenters. The molecule has 0 aromatic heterocycles. The van der Waals surface area contributed by atoms with E-state index in [4.69, 9.17) is 15.8 Å². The van der Waals surface area contributed by atoms with Gasteiger partial charge >= 0.3 is 5.97 Å². The minimum absolute atomic E-state index is 0.554. The fraction of sp³-hybridized carbons (Fsp3) is 0. The largest absolute Gasteiger partial charge is 0.478 e. The molecule has 76 valence electrons. The molecule has 1 aromatic carbocycles. The van der Waals surface area contributed by atoms with Crippen molar-refractivity contribution in [3.63, 3.8) is 0 Å². The third-order valence-electron chi connectivity index (χ3n) is 1.44. The Balaban J connectivity index is 3.54. The summed E-state index contributed by atoms with van der Waals surface area (Å²) in [7, 11) is 0.672. The molecular weight excluding hydrogens is 235 g/mol. The van der Waals surface area contributed by atoms with Crippen LogP contribution in [0.25, 0.3) is 0 Å². The smallest absolute Gasteiger partial charge is 0.337 e. The zero-order valence-electron chi connectivity index (χ0n) is 6.57. The van der Waals surface area contributed by atoms with E-state index in [2.05, 4.69) is 0 Å². The first-order chi connectivity index (χ1) is 6.32. The molecular formula is C7H4ClFO4S. The highest BCUT2D eigenvalue weighted by Crippen LogP contribution is 2.21. The van der Waals surface area contributed by atoms with E-state index in [0.29, 0.717) is 6.07 Å². The van der Waals surface area contributed by atoms with E-state index in [9.17, 15) is 17.6 Å². The molecule has 7 heteroatoms.